The van der Waals surface area contributed by atoms with E-state index in [-0.39, 0.29) is 63.3 Å². The highest BCUT2D eigenvalue weighted by Crippen LogP contribution is 2.60. The van der Waals surface area contributed by atoms with Crippen molar-refractivity contribution in [1.29, 1.82) is 0 Å². The number of aliphatic carboxylic acids is 2. The lowest BCUT2D eigenvalue weighted by molar-refractivity contribution is -0.178. The summed E-state index contributed by atoms with van der Waals surface area (Å²) in [6, 6.07) is 0. The summed E-state index contributed by atoms with van der Waals surface area (Å²) in [6.07, 6.45) is 3.85. The third-order valence-corrected chi connectivity index (χ3v) is 12.7. The first kappa shape index (κ1) is 45.0. The summed E-state index contributed by atoms with van der Waals surface area (Å²) < 4.78 is 28.5. The van der Waals surface area contributed by atoms with Crippen LogP contribution in [0.5, 0.6) is 0 Å². The first-order valence-electron chi connectivity index (χ1n) is 19.1. The molecule has 0 spiro atoms. The highest BCUT2D eigenvalue weighted by molar-refractivity contribution is 7.80. The Morgan fingerprint density at radius 3 is 1.77 bits per heavy atom. The van der Waals surface area contributed by atoms with Gasteiger partial charge in [0, 0.05) is 12.9 Å². The van der Waals surface area contributed by atoms with Crippen molar-refractivity contribution in [3.8, 4) is 0 Å². The molecule has 3 aliphatic carbocycles. The molecule has 3 rings (SSSR count). The zero-order valence-electron chi connectivity index (χ0n) is 33.7. The monoisotopic (exact) mass is 770 g/mol. The van der Waals surface area contributed by atoms with Gasteiger partial charge in [-0.1, -0.05) is 6.42 Å². The molecule has 9 atom stereocenters. The molecule has 304 valence electrons. The van der Waals surface area contributed by atoms with Crippen molar-refractivity contribution in [2.45, 2.75) is 132 Å². The van der Waals surface area contributed by atoms with Crippen molar-refractivity contribution in [1.82, 2.24) is 0 Å². The Balaban J connectivity index is 2.08. The molecular weight excluding hydrogens is 704 g/mol. The van der Waals surface area contributed by atoms with E-state index in [1.165, 1.54) is 27.2 Å². The van der Waals surface area contributed by atoms with Gasteiger partial charge in [-0.3, -0.25) is 24.0 Å². The standard InChI is InChI=1S/C40H66O12S/c1-35(2,3)52-34(47)40(9,24-53)23-38(7,32(45)50-17-16-49-15-14-48-10)22-39(8,21-37(6,31(43)44)20-36(4,5)30(41)42)33(46)51-29-19-25-18-28(29)27-13-11-12-26(25)27/h25-29,53H,11-24H2,1-10H3,(H,41,42)(H,43,44). The minimum Gasteiger partial charge on any atom is -0.481 e. The average molecular weight is 771 g/mol. The smallest absolute Gasteiger partial charge is 0.313 e. The van der Waals surface area contributed by atoms with Crippen LogP contribution < -0.4 is 0 Å². The number of thiol groups is 1. The predicted molar refractivity (Wildman–Crippen MR) is 200 cm³/mol. The van der Waals surface area contributed by atoms with Gasteiger partial charge in [0.1, 0.15) is 18.3 Å². The largest absolute Gasteiger partial charge is 0.481 e. The van der Waals surface area contributed by atoms with Gasteiger partial charge in [-0.2, -0.15) is 12.6 Å². The van der Waals surface area contributed by atoms with E-state index >= 15 is 0 Å². The molecule has 0 aromatic rings. The normalized spacial score (nSPS) is 27.0. The number of carboxylic acids is 2. The van der Waals surface area contributed by atoms with Crippen LogP contribution in [-0.4, -0.2) is 91.1 Å². The van der Waals surface area contributed by atoms with Crippen molar-refractivity contribution in [3.05, 3.63) is 0 Å². The van der Waals surface area contributed by atoms with E-state index in [1.807, 2.05) is 0 Å². The van der Waals surface area contributed by atoms with E-state index in [0.29, 0.717) is 24.4 Å². The maximum Gasteiger partial charge on any atom is 0.313 e. The van der Waals surface area contributed by atoms with E-state index in [4.69, 9.17) is 23.7 Å². The third kappa shape index (κ3) is 10.9. The lowest BCUT2D eigenvalue weighted by atomic mass is 9.59. The summed E-state index contributed by atoms with van der Waals surface area (Å²) >= 11 is 4.52. The quantitative estimate of drug-likeness (QED) is 0.0494. The molecule has 0 radical (unpaired) electrons. The maximum absolute atomic E-state index is 14.8. The zero-order valence-corrected chi connectivity index (χ0v) is 34.6. The highest BCUT2D eigenvalue weighted by Gasteiger charge is 2.59. The molecule has 0 aromatic carbocycles. The second-order valence-electron chi connectivity index (χ2n) is 18.9. The summed E-state index contributed by atoms with van der Waals surface area (Å²) in [5.74, 6) is -2.53. The van der Waals surface area contributed by atoms with Gasteiger partial charge >= 0.3 is 29.8 Å². The molecule has 3 fully saturated rings. The minimum absolute atomic E-state index is 0.000583. The zero-order chi connectivity index (χ0) is 40.2. The molecule has 3 saturated carbocycles. The van der Waals surface area contributed by atoms with Gasteiger partial charge in [-0.05, 0) is 137 Å². The fraction of sp³-hybridized carbons (Fsp3) is 0.875. The molecule has 0 amide bonds. The average Bonchev–Trinajstić information content (AvgIpc) is 3.76. The van der Waals surface area contributed by atoms with Crippen molar-refractivity contribution >= 4 is 42.5 Å². The third-order valence-electron chi connectivity index (χ3n) is 12.0. The molecule has 3 aliphatic rings. The molecule has 2 bridgehead atoms. The Morgan fingerprint density at radius 2 is 1.21 bits per heavy atom. The summed E-state index contributed by atoms with van der Waals surface area (Å²) in [7, 11) is 1.54. The number of fused-ring (bicyclic) bond motifs is 5. The van der Waals surface area contributed by atoms with Gasteiger partial charge in [-0.15, -0.1) is 0 Å². The number of esters is 3. The minimum atomic E-state index is -1.72. The van der Waals surface area contributed by atoms with Gasteiger partial charge < -0.3 is 33.9 Å². The van der Waals surface area contributed by atoms with E-state index in [2.05, 4.69) is 12.6 Å². The predicted octanol–water partition coefficient (Wildman–Crippen LogP) is 6.61. The Bertz CT molecular complexity index is 1340. The highest BCUT2D eigenvalue weighted by atomic mass is 32.1. The van der Waals surface area contributed by atoms with Crippen molar-refractivity contribution in [3.63, 3.8) is 0 Å². The number of rotatable bonds is 21. The second-order valence-corrected chi connectivity index (χ2v) is 19.3. The van der Waals surface area contributed by atoms with Crippen LogP contribution in [0.15, 0.2) is 0 Å². The Hall–Kier alpha value is -2.38. The number of methoxy groups -OCH3 is 1. The molecule has 12 nitrogen and oxygen atoms in total. The number of carbonyl (C=O) groups excluding carboxylic acids is 3. The SMILES string of the molecule is COCCOCCOC(=O)C(C)(CC(C)(CC(C)(CC(C)(C)C(=O)O)C(=O)O)C(=O)OC1CC2CC1C1CCCC21)CC(C)(CS)C(=O)OC(C)(C)C. The molecule has 53 heavy (non-hydrogen) atoms. The van der Waals surface area contributed by atoms with Crippen LogP contribution in [0.25, 0.3) is 0 Å². The maximum atomic E-state index is 14.8. The number of carboxylic acid groups (broad SMARTS) is 2. The molecule has 0 saturated heterocycles. The molecule has 0 aromatic heterocycles. The van der Waals surface area contributed by atoms with E-state index in [1.54, 1.807) is 48.7 Å². The number of ether oxygens (including phenoxy) is 5. The van der Waals surface area contributed by atoms with Crippen LogP contribution in [0, 0.1) is 50.7 Å². The Morgan fingerprint density at radius 1 is 0.642 bits per heavy atom. The second kappa shape index (κ2) is 17.2. The van der Waals surface area contributed by atoms with E-state index in [9.17, 15) is 34.2 Å². The van der Waals surface area contributed by atoms with Crippen molar-refractivity contribution in [2.75, 3.05) is 39.3 Å². The summed E-state index contributed by atoms with van der Waals surface area (Å²) in [4.78, 5) is 68.2. The fourth-order valence-electron chi connectivity index (χ4n) is 9.89. The first-order valence-corrected chi connectivity index (χ1v) is 19.7. The van der Waals surface area contributed by atoms with Crippen molar-refractivity contribution < 1.29 is 57.9 Å². The van der Waals surface area contributed by atoms with Crippen LogP contribution in [0.4, 0.5) is 0 Å². The summed E-state index contributed by atoms with van der Waals surface area (Å²) in [6.45, 7) is 15.0. The Labute approximate surface area is 321 Å². The lowest BCUT2D eigenvalue weighted by Crippen LogP contribution is -2.50. The van der Waals surface area contributed by atoms with Crippen LogP contribution in [0.2, 0.25) is 0 Å². The van der Waals surface area contributed by atoms with Gasteiger partial charge in [0.25, 0.3) is 0 Å². The van der Waals surface area contributed by atoms with Crippen LogP contribution in [0.1, 0.15) is 120 Å². The molecule has 2 N–H and O–H groups in total. The molecule has 13 heteroatoms. The van der Waals surface area contributed by atoms with Crippen LogP contribution >= 0.6 is 12.6 Å². The van der Waals surface area contributed by atoms with E-state index in [0.717, 1.165) is 25.7 Å². The van der Waals surface area contributed by atoms with Gasteiger partial charge in [-0.25, -0.2) is 0 Å². The van der Waals surface area contributed by atoms with Gasteiger partial charge in [0.05, 0.1) is 46.9 Å². The molecule has 9 unspecified atom stereocenters. The van der Waals surface area contributed by atoms with Crippen LogP contribution in [-0.2, 0) is 47.7 Å². The van der Waals surface area contributed by atoms with E-state index < -0.39 is 62.5 Å². The topological polar surface area (TPSA) is 172 Å². The van der Waals surface area contributed by atoms with Crippen molar-refractivity contribution in [2.24, 2.45) is 50.7 Å². The molecule has 0 aliphatic heterocycles. The fourth-order valence-corrected chi connectivity index (χ4v) is 10.1. The van der Waals surface area contributed by atoms with Gasteiger partial charge in [0.2, 0.25) is 0 Å². The summed E-state index contributed by atoms with van der Waals surface area (Å²) in [5, 5.41) is 20.7. The van der Waals surface area contributed by atoms with Gasteiger partial charge in [0.15, 0.2) is 0 Å². The molecule has 0 heterocycles. The first-order chi connectivity index (χ1) is 24.4. The number of hydrogen-bond acceptors (Lipinski definition) is 11. The molecular formula is C40H66O12S. The lowest BCUT2D eigenvalue weighted by Gasteiger charge is -2.44. The number of carbonyl (C=O) groups is 5. The van der Waals surface area contributed by atoms with Crippen LogP contribution in [0.3, 0.4) is 0 Å². The Kier molecular flexibility index (Phi) is 14.6. The summed E-state index contributed by atoms with van der Waals surface area (Å²) in [5.41, 5.74) is -8.54. The number of hydrogen-bond donors (Lipinski definition) is 3.